The summed E-state index contributed by atoms with van der Waals surface area (Å²) in [6.07, 6.45) is 5.90. The Morgan fingerprint density at radius 1 is 1.37 bits per heavy atom. The molecule has 0 saturated heterocycles. The van der Waals surface area contributed by atoms with Crippen molar-refractivity contribution in [3.8, 4) is 0 Å². The zero-order valence-electron chi connectivity index (χ0n) is 12.4. The van der Waals surface area contributed by atoms with Crippen molar-refractivity contribution in [3.05, 3.63) is 0 Å². The van der Waals surface area contributed by atoms with Crippen LogP contribution < -0.4 is 5.32 Å². The number of hydrogen-bond donors (Lipinski definition) is 2. The summed E-state index contributed by atoms with van der Waals surface area (Å²) in [5, 5.41) is 13.9. The van der Waals surface area contributed by atoms with Crippen LogP contribution in [0.4, 0.5) is 0 Å². The molecule has 0 bridgehead atoms. The van der Waals surface area contributed by atoms with Crippen LogP contribution in [0.3, 0.4) is 0 Å². The van der Waals surface area contributed by atoms with Crippen molar-refractivity contribution in [2.45, 2.75) is 63.5 Å². The van der Waals surface area contributed by atoms with Gasteiger partial charge in [-0.1, -0.05) is 6.92 Å². The maximum absolute atomic E-state index is 12.0. The van der Waals surface area contributed by atoms with Gasteiger partial charge in [-0.05, 0) is 57.3 Å². The van der Waals surface area contributed by atoms with Crippen LogP contribution in [0.2, 0.25) is 0 Å². The molecule has 4 nitrogen and oxygen atoms in total. The second-order valence-electron chi connectivity index (χ2n) is 6.73. The Morgan fingerprint density at radius 3 is 2.42 bits per heavy atom. The third-order valence-corrected chi connectivity index (χ3v) is 4.99. The molecule has 2 saturated carbocycles. The highest BCUT2D eigenvalue weighted by Gasteiger charge is 2.49. The van der Waals surface area contributed by atoms with Crippen LogP contribution in [-0.4, -0.2) is 35.9 Å². The SMILES string of the molecule is COC(=O)C(C)(NCC1(O)CCC(C)CC1)C1CC1. The lowest BCUT2D eigenvalue weighted by Crippen LogP contribution is -2.57. The van der Waals surface area contributed by atoms with Crippen molar-refractivity contribution in [3.63, 3.8) is 0 Å². The van der Waals surface area contributed by atoms with Gasteiger partial charge in [-0.3, -0.25) is 10.1 Å². The van der Waals surface area contributed by atoms with Crippen molar-refractivity contribution in [1.29, 1.82) is 0 Å². The first-order chi connectivity index (χ1) is 8.89. The fourth-order valence-electron chi connectivity index (χ4n) is 3.08. The molecule has 2 N–H and O–H groups in total. The van der Waals surface area contributed by atoms with Crippen LogP contribution in [0.15, 0.2) is 0 Å². The summed E-state index contributed by atoms with van der Waals surface area (Å²) in [7, 11) is 1.43. The maximum Gasteiger partial charge on any atom is 0.326 e. The number of hydrogen-bond acceptors (Lipinski definition) is 4. The van der Waals surface area contributed by atoms with Crippen LogP contribution >= 0.6 is 0 Å². The summed E-state index contributed by atoms with van der Waals surface area (Å²) in [4.78, 5) is 12.0. The molecule has 2 aliphatic rings. The Bertz CT molecular complexity index is 332. The average Bonchev–Trinajstić information content (AvgIpc) is 3.24. The molecule has 110 valence electrons. The van der Waals surface area contributed by atoms with Gasteiger partial charge < -0.3 is 9.84 Å². The predicted molar refractivity (Wildman–Crippen MR) is 73.7 cm³/mol. The highest BCUT2D eigenvalue weighted by molar-refractivity contribution is 5.81. The van der Waals surface area contributed by atoms with Crippen LogP contribution in [0.1, 0.15) is 52.4 Å². The van der Waals surface area contributed by atoms with Gasteiger partial charge in [-0.15, -0.1) is 0 Å². The molecule has 0 amide bonds. The third-order valence-electron chi connectivity index (χ3n) is 4.99. The molecule has 0 heterocycles. The molecule has 1 unspecified atom stereocenters. The summed E-state index contributed by atoms with van der Waals surface area (Å²) in [6, 6.07) is 0. The van der Waals surface area contributed by atoms with E-state index >= 15 is 0 Å². The van der Waals surface area contributed by atoms with Crippen LogP contribution in [0.5, 0.6) is 0 Å². The molecule has 0 spiro atoms. The van der Waals surface area contributed by atoms with E-state index in [0.717, 1.165) is 38.5 Å². The van der Waals surface area contributed by atoms with E-state index in [1.165, 1.54) is 7.11 Å². The van der Waals surface area contributed by atoms with E-state index in [1.807, 2.05) is 6.92 Å². The Morgan fingerprint density at radius 2 is 1.95 bits per heavy atom. The number of aliphatic hydroxyl groups is 1. The van der Waals surface area contributed by atoms with Crippen molar-refractivity contribution in [2.75, 3.05) is 13.7 Å². The normalized spacial score (nSPS) is 34.6. The second-order valence-corrected chi connectivity index (χ2v) is 6.73. The predicted octanol–water partition coefficient (Wildman–Crippen LogP) is 1.86. The Kier molecular flexibility index (Phi) is 4.21. The largest absolute Gasteiger partial charge is 0.468 e. The smallest absolute Gasteiger partial charge is 0.326 e. The molecule has 4 heteroatoms. The molecule has 2 rings (SSSR count). The van der Waals surface area contributed by atoms with Gasteiger partial charge in [0, 0.05) is 6.54 Å². The van der Waals surface area contributed by atoms with E-state index in [4.69, 9.17) is 4.74 Å². The summed E-state index contributed by atoms with van der Waals surface area (Å²) in [5.74, 6) is 0.851. The zero-order chi connectivity index (χ0) is 14.1. The first-order valence-electron chi connectivity index (χ1n) is 7.45. The Labute approximate surface area is 115 Å². The van der Waals surface area contributed by atoms with Gasteiger partial charge in [-0.25, -0.2) is 0 Å². The van der Waals surface area contributed by atoms with Gasteiger partial charge in [0.05, 0.1) is 12.7 Å². The van der Waals surface area contributed by atoms with E-state index in [1.54, 1.807) is 0 Å². The lowest BCUT2D eigenvalue weighted by molar-refractivity contribution is -0.149. The number of β-amino-alcohol motifs (C(OH)–C–C–N with tert-alkyl or cyclic N) is 1. The number of esters is 1. The van der Waals surface area contributed by atoms with Crippen LogP contribution in [0, 0.1) is 11.8 Å². The zero-order valence-corrected chi connectivity index (χ0v) is 12.4. The lowest BCUT2D eigenvalue weighted by Gasteiger charge is -2.38. The molecule has 19 heavy (non-hydrogen) atoms. The van der Waals surface area contributed by atoms with E-state index in [0.29, 0.717) is 18.4 Å². The topological polar surface area (TPSA) is 58.6 Å². The molecular formula is C15H27NO3. The highest BCUT2D eigenvalue weighted by atomic mass is 16.5. The molecule has 0 aromatic rings. The van der Waals surface area contributed by atoms with Crippen molar-refractivity contribution in [1.82, 2.24) is 5.32 Å². The minimum absolute atomic E-state index is 0.206. The second kappa shape index (κ2) is 5.41. The van der Waals surface area contributed by atoms with Gasteiger partial charge in [0.25, 0.3) is 0 Å². The van der Waals surface area contributed by atoms with E-state index in [-0.39, 0.29) is 5.97 Å². The lowest BCUT2D eigenvalue weighted by atomic mass is 9.79. The Hall–Kier alpha value is -0.610. The molecule has 0 aliphatic heterocycles. The highest BCUT2D eigenvalue weighted by Crippen LogP contribution is 2.41. The quantitative estimate of drug-likeness (QED) is 0.748. The number of methoxy groups -OCH3 is 1. The Balaban J connectivity index is 1.93. The third kappa shape index (κ3) is 3.29. The van der Waals surface area contributed by atoms with Crippen LogP contribution in [-0.2, 0) is 9.53 Å². The molecule has 0 aromatic carbocycles. The van der Waals surface area contributed by atoms with E-state index in [2.05, 4.69) is 12.2 Å². The number of carbonyl (C=O) groups is 1. The number of nitrogens with one attached hydrogen (secondary N) is 1. The van der Waals surface area contributed by atoms with Crippen molar-refractivity contribution >= 4 is 5.97 Å². The van der Waals surface area contributed by atoms with E-state index in [9.17, 15) is 9.90 Å². The van der Waals surface area contributed by atoms with Crippen LogP contribution in [0.25, 0.3) is 0 Å². The van der Waals surface area contributed by atoms with Gasteiger partial charge in [0.2, 0.25) is 0 Å². The molecule has 0 aromatic heterocycles. The standard InChI is InChI=1S/C15H27NO3/c1-11-6-8-15(18,9-7-11)10-16-14(2,12-4-5-12)13(17)19-3/h11-12,16,18H,4-10H2,1-3H3. The number of ether oxygens (including phenoxy) is 1. The van der Waals surface area contributed by atoms with Gasteiger partial charge in [-0.2, -0.15) is 0 Å². The minimum Gasteiger partial charge on any atom is -0.468 e. The maximum atomic E-state index is 12.0. The summed E-state index contributed by atoms with van der Waals surface area (Å²) < 4.78 is 4.92. The van der Waals surface area contributed by atoms with Crippen molar-refractivity contribution < 1.29 is 14.6 Å². The van der Waals surface area contributed by atoms with Gasteiger partial charge >= 0.3 is 5.97 Å². The summed E-state index contributed by atoms with van der Waals surface area (Å²) in [5.41, 5.74) is -1.29. The summed E-state index contributed by atoms with van der Waals surface area (Å²) in [6.45, 7) is 4.63. The van der Waals surface area contributed by atoms with Gasteiger partial charge in [0.1, 0.15) is 5.54 Å². The van der Waals surface area contributed by atoms with E-state index < -0.39 is 11.1 Å². The first-order valence-corrected chi connectivity index (χ1v) is 7.45. The first kappa shape index (κ1) is 14.8. The fraction of sp³-hybridized carbons (Fsp3) is 0.933. The fourth-order valence-corrected chi connectivity index (χ4v) is 3.08. The average molecular weight is 269 g/mol. The molecular weight excluding hydrogens is 242 g/mol. The monoisotopic (exact) mass is 269 g/mol. The van der Waals surface area contributed by atoms with Gasteiger partial charge in [0.15, 0.2) is 0 Å². The summed E-state index contributed by atoms with van der Waals surface area (Å²) >= 11 is 0. The molecule has 2 aliphatic carbocycles. The van der Waals surface area contributed by atoms with Crippen molar-refractivity contribution in [2.24, 2.45) is 11.8 Å². The number of carbonyl (C=O) groups excluding carboxylic acids is 1. The minimum atomic E-state index is -0.656. The molecule has 2 fully saturated rings. The molecule has 1 atom stereocenters. The molecule has 0 radical (unpaired) electrons. The number of rotatable bonds is 5.